The van der Waals surface area contributed by atoms with Crippen molar-refractivity contribution < 1.29 is 23.8 Å². The number of aromatic nitrogens is 2. The van der Waals surface area contributed by atoms with Gasteiger partial charge in [0.2, 0.25) is 5.13 Å². The maximum Gasteiger partial charge on any atom is 0.301 e. The van der Waals surface area contributed by atoms with E-state index in [1.807, 2.05) is 12.1 Å². The van der Waals surface area contributed by atoms with Crippen LogP contribution in [0.4, 0.5) is 9.52 Å². The van der Waals surface area contributed by atoms with E-state index in [1.54, 1.807) is 42.5 Å². The van der Waals surface area contributed by atoms with Crippen molar-refractivity contribution >= 4 is 57.3 Å². The van der Waals surface area contributed by atoms with E-state index in [-0.39, 0.29) is 16.5 Å². The molecule has 210 valence electrons. The summed E-state index contributed by atoms with van der Waals surface area (Å²) >= 11 is 8.52. The topological polar surface area (TPSA) is 92.6 Å². The Morgan fingerprint density at radius 2 is 1.85 bits per heavy atom. The molecule has 1 atom stereocenters. The fourth-order valence-electron chi connectivity index (χ4n) is 4.30. The van der Waals surface area contributed by atoms with Crippen LogP contribution >= 0.6 is 34.7 Å². The molecule has 0 spiro atoms. The Morgan fingerprint density at radius 3 is 2.56 bits per heavy atom. The zero-order valence-corrected chi connectivity index (χ0v) is 24.3. The van der Waals surface area contributed by atoms with Gasteiger partial charge in [-0.15, -0.1) is 10.2 Å². The lowest BCUT2D eigenvalue weighted by Gasteiger charge is -2.22. The number of ether oxygens (including phenoxy) is 1. The molecule has 0 saturated carbocycles. The monoisotopic (exact) mass is 609 g/mol. The van der Waals surface area contributed by atoms with Crippen LogP contribution in [0.15, 0.2) is 82.7 Å². The van der Waals surface area contributed by atoms with Crippen LogP contribution in [0.5, 0.6) is 5.75 Å². The van der Waals surface area contributed by atoms with Gasteiger partial charge in [-0.05, 0) is 66.1 Å². The number of aliphatic hydroxyl groups excluding tert-OH is 1. The number of amides is 1. The summed E-state index contributed by atoms with van der Waals surface area (Å²) in [6, 6.07) is 18.5. The average molecular weight is 610 g/mol. The summed E-state index contributed by atoms with van der Waals surface area (Å²) in [5, 5.41) is 20.5. The number of carbonyl (C=O) groups is 2. The van der Waals surface area contributed by atoms with Crippen molar-refractivity contribution in [1.82, 2.24) is 10.2 Å². The fraction of sp³-hybridized carbons (Fsp3) is 0.200. The van der Waals surface area contributed by atoms with Crippen LogP contribution in [0.3, 0.4) is 0 Å². The Balaban J connectivity index is 1.48. The molecule has 0 unspecified atom stereocenters. The van der Waals surface area contributed by atoms with E-state index < -0.39 is 23.5 Å². The van der Waals surface area contributed by atoms with Gasteiger partial charge in [-0.25, -0.2) is 4.39 Å². The summed E-state index contributed by atoms with van der Waals surface area (Å²) in [6.45, 7) is 2.63. The van der Waals surface area contributed by atoms with E-state index in [9.17, 15) is 19.1 Å². The van der Waals surface area contributed by atoms with Gasteiger partial charge in [0.1, 0.15) is 17.3 Å². The lowest BCUT2D eigenvalue weighted by Crippen LogP contribution is -2.29. The van der Waals surface area contributed by atoms with Crippen molar-refractivity contribution in [3.8, 4) is 5.75 Å². The second-order valence-electron chi connectivity index (χ2n) is 9.22. The molecular formula is C30H25ClFN3O4S2. The molecule has 1 N–H and O–H groups in total. The van der Waals surface area contributed by atoms with Crippen molar-refractivity contribution in [3.63, 3.8) is 0 Å². The van der Waals surface area contributed by atoms with Gasteiger partial charge in [-0.2, -0.15) is 0 Å². The highest BCUT2D eigenvalue weighted by atomic mass is 35.5. The largest absolute Gasteiger partial charge is 0.507 e. The van der Waals surface area contributed by atoms with E-state index >= 15 is 0 Å². The number of carbonyl (C=O) groups excluding carboxylic acids is 2. The maximum absolute atomic E-state index is 14.3. The summed E-state index contributed by atoms with van der Waals surface area (Å²) in [7, 11) is 0. The number of anilines is 1. The fourth-order valence-corrected chi connectivity index (χ4v) is 6.25. The molecular weight excluding hydrogens is 585 g/mol. The van der Waals surface area contributed by atoms with Crippen LogP contribution in [-0.4, -0.2) is 33.6 Å². The third-order valence-electron chi connectivity index (χ3n) is 6.38. The van der Waals surface area contributed by atoms with E-state index in [2.05, 4.69) is 17.1 Å². The van der Waals surface area contributed by atoms with Crippen molar-refractivity contribution in [2.24, 2.45) is 0 Å². The molecule has 5 rings (SSSR count). The van der Waals surface area contributed by atoms with Gasteiger partial charge in [0.25, 0.3) is 5.78 Å². The Bertz CT molecular complexity index is 1590. The molecule has 1 amide bonds. The van der Waals surface area contributed by atoms with Gasteiger partial charge in [0.05, 0.1) is 18.2 Å². The highest BCUT2D eigenvalue weighted by Gasteiger charge is 2.48. The summed E-state index contributed by atoms with van der Waals surface area (Å²) in [5.41, 5.74) is 1.50. The van der Waals surface area contributed by atoms with Crippen LogP contribution < -0.4 is 9.64 Å². The molecule has 0 radical (unpaired) electrons. The minimum Gasteiger partial charge on any atom is -0.507 e. The normalized spacial score (nSPS) is 16.4. The molecule has 11 heteroatoms. The standard InChI is InChI=1S/C30H25ClFN3O4S2/c1-2-3-15-39-23-13-9-19(10-14-23)26(36)24-25(20-5-4-6-22(32)16-20)35(28(38)27(24)37)29-33-34-30(41-29)40-17-18-7-11-21(31)12-8-18/h4-14,16,25,36H,2-3,15,17H2,1H3/t25-/m1/s1. The minimum absolute atomic E-state index is 0.161. The van der Waals surface area contributed by atoms with E-state index in [4.69, 9.17) is 16.3 Å². The second-order valence-corrected chi connectivity index (χ2v) is 11.8. The number of thioether (sulfide) groups is 1. The van der Waals surface area contributed by atoms with Crippen LogP contribution in [0.25, 0.3) is 5.76 Å². The Morgan fingerprint density at radius 1 is 1.10 bits per heavy atom. The van der Waals surface area contributed by atoms with Gasteiger partial charge in [-0.1, -0.05) is 72.3 Å². The first-order valence-electron chi connectivity index (χ1n) is 12.9. The van der Waals surface area contributed by atoms with Crippen LogP contribution in [0.1, 0.15) is 42.5 Å². The number of halogens is 2. The number of hydrogen-bond acceptors (Lipinski definition) is 8. The predicted molar refractivity (Wildman–Crippen MR) is 159 cm³/mol. The molecule has 1 aromatic heterocycles. The summed E-state index contributed by atoms with van der Waals surface area (Å²) < 4.78 is 20.6. The van der Waals surface area contributed by atoms with Gasteiger partial charge >= 0.3 is 5.91 Å². The third-order valence-corrected chi connectivity index (χ3v) is 8.76. The quantitative estimate of drug-likeness (QED) is 0.0499. The van der Waals surface area contributed by atoms with Crippen LogP contribution in [0, 0.1) is 5.82 Å². The lowest BCUT2D eigenvalue weighted by atomic mass is 9.95. The molecule has 4 aromatic rings. The number of benzene rings is 3. The molecule has 0 bridgehead atoms. The third kappa shape index (κ3) is 6.45. The summed E-state index contributed by atoms with van der Waals surface area (Å²) in [5.74, 6) is -1.48. The summed E-state index contributed by atoms with van der Waals surface area (Å²) in [4.78, 5) is 27.9. The smallest absolute Gasteiger partial charge is 0.301 e. The first-order chi connectivity index (χ1) is 19.9. The number of hydrogen-bond donors (Lipinski definition) is 1. The molecule has 41 heavy (non-hydrogen) atoms. The molecule has 3 aromatic carbocycles. The Kier molecular flexibility index (Phi) is 9.02. The molecule has 1 saturated heterocycles. The Labute approximate surface area is 249 Å². The van der Waals surface area contributed by atoms with Crippen molar-refractivity contribution in [2.75, 3.05) is 11.5 Å². The number of rotatable bonds is 10. The van der Waals surface area contributed by atoms with Gasteiger partial charge < -0.3 is 9.84 Å². The molecule has 1 fully saturated rings. The van der Waals surface area contributed by atoms with E-state index in [1.165, 1.54) is 34.9 Å². The van der Waals surface area contributed by atoms with E-state index in [0.29, 0.717) is 38.6 Å². The van der Waals surface area contributed by atoms with Crippen molar-refractivity contribution in [1.29, 1.82) is 0 Å². The first-order valence-corrected chi connectivity index (χ1v) is 15.0. The Hall–Kier alpha value is -3.73. The van der Waals surface area contributed by atoms with Crippen LogP contribution in [0.2, 0.25) is 5.02 Å². The number of nitrogens with zero attached hydrogens (tertiary/aromatic N) is 3. The highest BCUT2D eigenvalue weighted by molar-refractivity contribution is 8.00. The van der Waals surface area contributed by atoms with Crippen molar-refractivity contribution in [2.45, 2.75) is 35.9 Å². The highest BCUT2D eigenvalue weighted by Crippen LogP contribution is 2.44. The molecule has 7 nitrogen and oxygen atoms in total. The first kappa shape index (κ1) is 28.8. The lowest BCUT2D eigenvalue weighted by molar-refractivity contribution is -0.132. The van der Waals surface area contributed by atoms with E-state index in [0.717, 1.165) is 29.7 Å². The maximum atomic E-state index is 14.3. The zero-order chi connectivity index (χ0) is 28.9. The van der Waals surface area contributed by atoms with Gasteiger partial charge in [0.15, 0.2) is 4.34 Å². The summed E-state index contributed by atoms with van der Waals surface area (Å²) in [6.07, 6.45) is 1.90. The van der Waals surface area contributed by atoms with Crippen molar-refractivity contribution in [3.05, 3.63) is 106 Å². The van der Waals surface area contributed by atoms with Crippen LogP contribution in [-0.2, 0) is 15.3 Å². The minimum atomic E-state index is -1.10. The number of Topliss-reactive ketones (excluding diaryl/α,β-unsaturated/α-hetero) is 1. The predicted octanol–water partition coefficient (Wildman–Crippen LogP) is 7.43. The second kappa shape index (κ2) is 12.8. The molecule has 1 aliphatic rings. The zero-order valence-electron chi connectivity index (χ0n) is 21.9. The molecule has 1 aliphatic heterocycles. The number of ketones is 1. The molecule has 2 heterocycles. The van der Waals surface area contributed by atoms with Gasteiger partial charge in [-0.3, -0.25) is 14.5 Å². The average Bonchev–Trinajstić information content (AvgIpc) is 3.55. The van der Waals surface area contributed by atoms with Gasteiger partial charge in [0, 0.05) is 16.3 Å². The SMILES string of the molecule is CCCCOc1ccc(C(O)=C2C(=O)C(=O)N(c3nnc(SCc4ccc(Cl)cc4)s3)[C@@H]2c2cccc(F)c2)cc1. The number of aliphatic hydroxyl groups is 1. The molecule has 0 aliphatic carbocycles. The number of unbranched alkanes of at least 4 members (excludes halogenated alkanes) is 1.